The Hall–Kier alpha value is -0.400. The lowest BCUT2D eigenvalue weighted by molar-refractivity contribution is 0.00882. The minimum absolute atomic E-state index is 0.173. The molecule has 0 aliphatic carbocycles. The Morgan fingerprint density at radius 2 is 2.33 bits per heavy atom. The summed E-state index contributed by atoms with van der Waals surface area (Å²) < 4.78 is 6.25. The van der Waals surface area contributed by atoms with Crippen molar-refractivity contribution >= 4 is 57.7 Å². The fraction of sp³-hybridized carbons (Fsp3) is 0.400. The number of carbonyl (C=O) groups excluding carboxylic acids is 1. The number of thiophene rings is 1. The first-order valence-corrected chi connectivity index (χ1v) is 7.12. The van der Waals surface area contributed by atoms with E-state index in [1.54, 1.807) is 11.0 Å². The quantitative estimate of drug-likeness (QED) is 0.847. The van der Waals surface area contributed by atoms with Crippen molar-refractivity contribution in [2.24, 2.45) is 5.73 Å². The maximum atomic E-state index is 12.3. The van der Waals surface area contributed by atoms with Crippen LogP contribution in [0.2, 0.25) is 8.67 Å². The van der Waals surface area contributed by atoms with Crippen LogP contribution in [-0.2, 0) is 4.74 Å². The van der Waals surface area contributed by atoms with Gasteiger partial charge in [0.15, 0.2) is 0 Å². The second-order valence-corrected chi connectivity index (χ2v) is 6.51. The zero-order chi connectivity index (χ0) is 13.3. The fourth-order valence-corrected chi connectivity index (χ4v) is 3.25. The van der Waals surface area contributed by atoms with Gasteiger partial charge in [-0.05, 0) is 6.07 Å². The Balaban J connectivity index is 2.14. The van der Waals surface area contributed by atoms with Crippen molar-refractivity contribution in [1.29, 1.82) is 0 Å². The fourth-order valence-electron chi connectivity index (χ4n) is 1.66. The number of thiocarbonyl (C=S) groups is 1. The van der Waals surface area contributed by atoms with Crippen LogP contribution >= 0.6 is 46.8 Å². The van der Waals surface area contributed by atoms with Crippen molar-refractivity contribution in [2.75, 3.05) is 19.7 Å². The van der Waals surface area contributed by atoms with Crippen molar-refractivity contribution in [3.63, 3.8) is 0 Å². The molecule has 0 spiro atoms. The maximum absolute atomic E-state index is 12.3. The summed E-state index contributed by atoms with van der Waals surface area (Å²) in [5.74, 6) is -0.173. The van der Waals surface area contributed by atoms with Crippen LogP contribution in [0.15, 0.2) is 6.07 Å². The molecule has 1 saturated heterocycles. The molecule has 0 bridgehead atoms. The summed E-state index contributed by atoms with van der Waals surface area (Å²) in [6.07, 6.45) is -0.398. The van der Waals surface area contributed by atoms with Crippen LogP contribution in [0.3, 0.4) is 0 Å². The second-order valence-electron chi connectivity index (χ2n) is 3.75. The smallest absolute Gasteiger partial charge is 0.256 e. The van der Waals surface area contributed by atoms with Gasteiger partial charge in [0.25, 0.3) is 5.91 Å². The molecule has 1 atom stereocenters. The topological polar surface area (TPSA) is 55.6 Å². The molecule has 2 rings (SSSR count). The number of hydrogen-bond acceptors (Lipinski definition) is 4. The van der Waals surface area contributed by atoms with Crippen LogP contribution in [-0.4, -0.2) is 41.6 Å². The molecule has 1 aliphatic heterocycles. The summed E-state index contributed by atoms with van der Waals surface area (Å²) in [7, 11) is 0. The first kappa shape index (κ1) is 14.0. The summed E-state index contributed by atoms with van der Waals surface area (Å²) >= 11 is 17.8. The highest BCUT2D eigenvalue weighted by Crippen LogP contribution is 2.32. The van der Waals surface area contributed by atoms with E-state index >= 15 is 0 Å². The highest BCUT2D eigenvalue weighted by atomic mass is 35.5. The Morgan fingerprint density at radius 3 is 2.89 bits per heavy atom. The number of rotatable bonds is 2. The zero-order valence-electron chi connectivity index (χ0n) is 9.19. The predicted octanol–water partition coefficient (Wildman–Crippen LogP) is 2.18. The van der Waals surface area contributed by atoms with E-state index in [0.29, 0.717) is 33.9 Å². The van der Waals surface area contributed by atoms with E-state index in [0.717, 1.165) is 0 Å². The molecule has 8 heteroatoms. The molecule has 4 nitrogen and oxygen atoms in total. The Morgan fingerprint density at radius 1 is 1.61 bits per heavy atom. The van der Waals surface area contributed by atoms with Gasteiger partial charge in [-0.25, -0.2) is 0 Å². The SMILES string of the molecule is NC(=S)C1CN(C(=O)c2cc(Cl)sc2Cl)CCO1. The highest BCUT2D eigenvalue weighted by molar-refractivity contribution is 7.80. The Bertz CT molecular complexity index is 492. The van der Waals surface area contributed by atoms with E-state index in [-0.39, 0.29) is 10.9 Å². The van der Waals surface area contributed by atoms with Crippen molar-refractivity contribution in [2.45, 2.75) is 6.10 Å². The second kappa shape index (κ2) is 5.71. The summed E-state index contributed by atoms with van der Waals surface area (Å²) in [6.45, 7) is 1.24. The first-order valence-electron chi connectivity index (χ1n) is 5.14. The Kier molecular flexibility index (Phi) is 4.45. The number of nitrogens with two attached hydrogens (primary N) is 1. The van der Waals surface area contributed by atoms with Gasteiger partial charge in [0, 0.05) is 6.54 Å². The monoisotopic (exact) mass is 324 g/mol. The van der Waals surface area contributed by atoms with Crippen LogP contribution in [0.4, 0.5) is 0 Å². The van der Waals surface area contributed by atoms with Crippen LogP contribution in [0, 0.1) is 0 Å². The summed E-state index contributed by atoms with van der Waals surface area (Å²) in [5.41, 5.74) is 5.94. The van der Waals surface area contributed by atoms with Crippen molar-refractivity contribution < 1.29 is 9.53 Å². The molecule has 98 valence electrons. The highest BCUT2D eigenvalue weighted by Gasteiger charge is 2.28. The molecule has 1 fully saturated rings. The van der Waals surface area contributed by atoms with Gasteiger partial charge in [-0.3, -0.25) is 4.79 Å². The molecular weight excluding hydrogens is 315 g/mol. The third-order valence-corrected chi connectivity index (χ3v) is 4.31. The molecule has 1 amide bonds. The number of halogens is 2. The predicted molar refractivity (Wildman–Crippen MR) is 76.8 cm³/mol. The number of hydrogen-bond donors (Lipinski definition) is 1. The molecule has 0 radical (unpaired) electrons. The van der Waals surface area contributed by atoms with E-state index in [1.807, 2.05) is 0 Å². The summed E-state index contributed by atoms with van der Waals surface area (Å²) in [6, 6.07) is 1.57. The van der Waals surface area contributed by atoms with Crippen LogP contribution in [0.25, 0.3) is 0 Å². The van der Waals surface area contributed by atoms with Crippen LogP contribution in [0.5, 0.6) is 0 Å². The minimum Gasteiger partial charge on any atom is -0.391 e. The molecule has 0 saturated carbocycles. The van der Waals surface area contributed by atoms with Gasteiger partial charge >= 0.3 is 0 Å². The van der Waals surface area contributed by atoms with Gasteiger partial charge < -0.3 is 15.4 Å². The molecule has 1 aliphatic rings. The number of carbonyl (C=O) groups is 1. The molecule has 2 heterocycles. The van der Waals surface area contributed by atoms with E-state index in [9.17, 15) is 4.79 Å². The van der Waals surface area contributed by atoms with E-state index < -0.39 is 6.10 Å². The molecule has 1 unspecified atom stereocenters. The minimum atomic E-state index is -0.398. The maximum Gasteiger partial charge on any atom is 0.256 e. The average Bonchev–Trinajstić information content (AvgIpc) is 2.67. The summed E-state index contributed by atoms with van der Waals surface area (Å²) in [4.78, 5) is 14.1. The standard InChI is InChI=1S/C10H10Cl2N2O2S2/c11-7-3-5(8(12)18-7)10(15)14-1-2-16-6(4-14)9(13)17/h3,6H,1-2,4H2,(H2,13,17). The largest absolute Gasteiger partial charge is 0.391 e. The van der Waals surface area contributed by atoms with Crippen molar-refractivity contribution in [3.8, 4) is 0 Å². The third kappa shape index (κ3) is 2.95. The van der Waals surface area contributed by atoms with Gasteiger partial charge in [-0.2, -0.15) is 0 Å². The van der Waals surface area contributed by atoms with Gasteiger partial charge in [0.2, 0.25) is 0 Å². The van der Waals surface area contributed by atoms with E-state index in [1.165, 1.54) is 11.3 Å². The van der Waals surface area contributed by atoms with Gasteiger partial charge in [0.05, 0.1) is 23.1 Å². The van der Waals surface area contributed by atoms with Gasteiger partial charge in [-0.1, -0.05) is 35.4 Å². The first-order chi connectivity index (χ1) is 8.49. The van der Waals surface area contributed by atoms with Gasteiger partial charge in [-0.15, -0.1) is 11.3 Å². The molecule has 1 aromatic heterocycles. The molecule has 18 heavy (non-hydrogen) atoms. The number of nitrogens with zero attached hydrogens (tertiary/aromatic N) is 1. The van der Waals surface area contributed by atoms with Crippen molar-refractivity contribution in [1.82, 2.24) is 4.90 Å². The van der Waals surface area contributed by atoms with E-state index in [4.69, 9.17) is 45.9 Å². The molecular formula is C10H10Cl2N2O2S2. The Labute approximate surface area is 124 Å². The zero-order valence-corrected chi connectivity index (χ0v) is 12.3. The lowest BCUT2D eigenvalue weighted by Crippen LogP contribution is -2.49. The van der Waals surface area contributed by atoms with Gasteiger partial charge in [0.1, 0.15) is 15.4 Å². The number of morpholine rings is 1. The van der Waals surface area contributed by atoms with Crippen LogP contribution < -0.4 is 5.73 Å². The normalized spacial score (nSPS) is 19.9. The number of amides is 1. The summed E-state index contributed by atoms with van der Waals surface area (Å²) in [5, 5.41) is 0. The van der Waals surface area contributed by atoms with Crippen LogP contribution in [0.1, 0.15) is 10.4 Å². The molecule has 0 aromatic carbocycles. The molecule has 2 N–H and O–H groups in total. The lowest BCUT2D eigenvalue weighted by Gasteiger charge is -2.32. The van der Waals surface area contributed by atoms with E-state index in [2.05, 4.69) is 0 Å². The van der Waals surface area contributed by atoms with Crippen molar-refractivity contribution in [3.05, 3.63) is 20.3 Å². The lowest BCUT2D eigenvalue weighted by atomic mass is 10.2. The molecule has 1 aromatic rings. The number of ether oxygens (including phenoxy) is 1. The third-order valence-electron chi connectivity index (χ3n) is 2.56. The average molecular weight is 325 g/mol.